The van der Waals surface area contributed by atoms with Gasteiger partial charge in [-0.15, -0.1) is 0 Å². The number of allylic oxidation sites excluding steroid dienone is 2. The summed E-state index contributed by atoms with van der Waals surface area (Å²) in [5.41, 5.74) is 2.46. The molecule has 0 atom stereocenters. The van der Waals surface area contributed by atoms with E-state index < -0.39 is 0 Å². The van der Waals surface area contributed by atoms with E-state index in [1.165, 1.54) is 44.1 Å². The first-order valence-corrected chi connectivity index (χ1v) is 9.08. The van der Waals surface area contributed by atoms with Crippen LogP contribution < -0.4 is 0 Å². The molecule has 0 N–H and O–H groups in total. The second-order valence-electron chi connectivity index (χ2n) is 6.46. The third kappa shape index (κ3) is 6.38. The zero-order valence-corrected chi connectivity index (χ0v) is 14.6. The molecule has 23 heavy (non-hydrogen) atoms. The highest BCUT2D eigenvalue weighted by Crippen LogP contribution is 2.29. The van der Waals surface area contributed by atoms with Gasteiger partial charge in [0.25, 0.3) is 0 Å². The van der Waals surface area contributed by atoms with Crippen molar-refractivity contribution < 1.29 is 0 Å². The topological polar surface area (TPSA) is 0 Å². The highest BCUT2D eigenvalue weighted by Gasteiger charge is 2.17. The number of rotatable bonds is 3. The fourth-order valence-corrected chi connectivity index (χ4v) is 3.13. The second-order valence-corrected chi connectivity index (χ2v) is 6.46. The Bertz CT molecular complexity index is 602. The Labute approximate surface area is 142 Å². The highest BCUT2D eigenvalue weighted by atomic mass is 14.2. The maximum absolute atomic E-state index is 3.38. The molecule has 0 nitrogen and oxygen atoms in total. The van der Waals surface area contributed by atoms with Gasteiger partial charge in [-0.05, 0) is 67.9 Å². The SMILES string of the molecule is CCCc1ccc(C#C/C=C/C#CC2CCC(CC)CC2)cc1. The lowest BCUT2D eigenvalue weighted by atomic mass is 9.81. The fraction of sp³-hybridized carbons (Fsp3) is 0.478. The monoisotopic (exact) mass is 304 g/mol. The average Bonchev–Trinajstić information content (AvgIpc) is 2.60. The van der Waals surface area contributed by atoms with Crippen LogP contribution in [0.2, 0.25) is 0 Å². The van der Waals surface area contributed by atoms with Gasteiger partial charge in [-0.2, -0.15) is 0 Å². The van der Waals surface area contributed by atoms with Gasteiger partial charge in [0.1, 0.15) is 0 Å². The van der Waals surface area contributed by atoms with Crippen LogP contribution in [0.1, 0.15) is 63.5 Å². The molecule has 1 aromatic rings. The van der Waals surface area contributed by atoms with Crippen LogP contribution in [-0.2, 0) is 6.42 Å². The van der Waals surface area contributed by atoms with E-state index in [4.69, 9.17) is 0 Å². The third-order valence-corrected chi connectivity index (χ3v) is 4.67. The molecule has 1 fully saturated rings. The lowest BCUT2D eigenvalue weighted by Gasteiger charge is -2.24. The summed E-state index contributed by atoms with van der Waals surface area (Å²) >= 11 is 0. The molecule has 0 saturated heterocycles. The Hall–Kier alpha value is -1.92. The highest BCUT2D eigenvalue weighted by molar-refractivity contribution is 5.39. The standard InChI is InChI=1S/C23H28/c1-3-9-21-16-18-23(19-17-21)11-8-6-5-7-10-22-14-12-20(4-2)13-15-22/h5-6,16-20,22H,3-4,9,12-15H2,1-2H3/b6-5+. The summed E-state index contributed by atoms with van der Waals surface area (Å²) in [7, 11) is 0. The van der Waals surface area contributed by atoms with E-state index in [-0.39, 0.29) is 0 Å². The van der Waals surface area contributed by atoms with Crippen LogP contribution in [0.4, 0.5) is 0 Å². The van der Waals surface area contributed by atoms with Crippen molar-refractivity contribution in [3.8, 4) is 23.7 Å². The van der Waals surface area contributed by atoms with Crippen molar-refractivity contribution in [3.05, 3.63) is 47.5 Å². The predicted octanol–water partition coefficient (Wildman–Crippen LogP) is 5.77. The minimum atomic E-state index is 0.599. The Kier molecular flexibility index (Phi) is 7.56. The van der Waals surface area contributed by atoms with Crippen LogP contribution >= 0.6 is 0 Å². The Morgan fingerprint density at radius 1 is 0.957 bits per heavy atom. The molecule has 0 heteroatoms. The van der Waals surface area contributed by atoms with Crippen LogP contribution in [0.3, 0.4) is 0 Å². The zero-order chi connectivity index (χ0) is 16.3. The summed E-state index contributed by atoms with van der Waals surface area (Å²) in [6.45, 7) is 4.50. The molecular weight excluding hydrogens is 276 g/mol. The first kappa shape index (κ1) is 17.4. The Morgan fingerprint density at radius 2 is 1.65 bits per heavy atom. The molecular formula is C23H28. The molecule has 0 bridgehead atoms. The van der Waals surface area contributed by atoms with Gasteiger partial charge in [-0.1, -0.05) is 62.5 Å². The number of benzene rings is 1. The van der Waals surface area contributed by atoms with Gasteiger partial charge in [0, 0.05) is 11.5 Å². The molecule has 0 heterocycles. The van der Waals surface area contributed by atoms with Gasteiger partial charge in [0.15, 0.2) is 0 Å². The average molecular weight is 304 g/mol. The molecule has 1 saturated carbocycles. The van der Waals surface area contributed by atoms with Gasteiger partial charge in [-0.25, -0.2) is 0 Å². The number of hydrogen-bond acceptors (Lipinski definition) is 0. The van der Waals surface area contributed by atoms with Crippen molar-refractivity contribution >= 4 is 0 Å². The second kappa shape index (κ2) is 9.97. The summed E-state index contributed by atoms with van der Waals surface area (Å²) in [6, 6.07) is 8.54. The van der Waals surface area contributed by atoms with Gasteiger partial charge < -0.3 is 0 Å². The molecule has 1 aromatic carbocycles. The Balaban J connectivity index is 1.78. The number of hydrogen-bond donors (Lipinski definition) is 0. The van der Waals surface area contributed by atoms with Crippen molar-refractivity contribution in [2.75, 3.05) is 0 Å². The first-order valence-electron chi connectivity index (χ1n) is 9.08. The van der Waals surface area contributed by atoms with Gasteiger partial charge in [0.05, 0.1) is 0 Å². The van der Waals surface area contributed by atoms with Crippen LogP contribution in [0.15, 0.2) is 36.4 Å². The summed E-state index contributed by atoms with van der Waals surface area (Å²) in [5.74, 6) is 14.3. The van der Waals surface area contributed by atoms with E-state index in [0.29, 0.717) is 5.92 Å². The van der Waals surface area contributed by atoms with Crippen LogP contribution in [0, 0.1) is 35.5 Å². The third-order valence-electron chi connectivity index (χ3n) is 4.67. The van der Waals surface area contributed by atoms with Crippen LogP contribution in [0.25, 0.3) is 0 Å². The molecule has 1 aliphatic rings. The lowest BCUT2D eigenvalue weighted by Crippen LogP contribution is -2.12. The molecule has 2 rings (SSSR count). The molecule has 0 spiro atoms. The molecule has 0 aliphatic heterocycles. The zero-order valence-electron chi connectivity index (χ0n) is 14.6. The van der Waals surface area contributed by atoms with Crippen molar-refractivity contribution in [3.63, 3.8) is 0 Å². The largest absolute Gasteiger partial charge is 0.0951 e. The molecule has 0 aromatic heterocycles. The van der Waals surface area contributed by atoms with Crippen LogP contribution in [-0.4, -0.2) is 0 Å². The normalized spacial score (nSPS) is 20.4. The summed E-state index contributed by atoms with van der Waals surface area (Å²) < 4.78 is 0. The number of aryl methyl sites for hydroxylation is 1. The Morgan fingerprint density at radius 3 is 2.30 bits per heavy atom. The minimum Gasteiger partial charge on any atom is -0.0951 e. The van der Waals surface area contributed by atoms with E-state index in [0.717, 1.165) is 17.9 Å². The first-order chi connectivity index (χ1) is 11.3. The van der Waals surface area contributed by atoms with Crippen molar-refractivity contribution in [2.24, 2.45) is 11.8 Å². The molecule has 1 aliphatic carbocycles. The minimum absolute atomic E-state index is 0.599. The van der Waals surface area contributed by atoms with Crippen molar-refractivity contribution in [1.82, 2.24) is 0 Å². The van der Waals surface area contributed by atoms with E-state index in [1.54, 1.807) is 0 Å². The molecule has 0 amide bonds. The van der Waals surface area contributed by atoms with Crippen molar-refractivity contribution in [1.29, 1.82) is 0 Å². The predicted molar refractivity (Wildman–Crippen MR) is 100.0 cm³/mol. The smallest absolute Gasteiger partial charge is 0.0249 e. The summed E-state index contributed by atoms with van der Waals surface area (Å²) in [5, 5.41) is 0. The van der Waals surface area contributed by atoms with Gasteiger partial charge >= 0.3 is 0 Å². The van der Waals surface area contributed by atoms with Gasteiger partial charge in [-0.3, -0.25) is 0 Å². The van der Waals surface area contributed by atoms with Crippen molar-refractivity contribution in [2.45, 2.75) is 58.8 Å². The summed E-state index contributed by atoms with van der Waals surface area (Å²) in [6.07, 6.45) is 12.7. The van der Waals surface area contributed by atoms with Gasteiger partial charge in [0.2, 0.25) is 0 Å². The quantitative estimate of drug-likeness (QED) is 0.622. The van der Waals surface area contributed by atoms with Crippen LogP contribution in [0.5, 0.6) is 0 Å². The van der Waals surface area contributed by atoms with E-state index >= 15 is 0 Å². The summed E-state index contributed by atoms with van der Waals surface area (Å²) in [4.78, 5) is 0. The molecule has 0 radical (unpaired) electrons. The maximum Gasteiger partial charge on any atom is 0.0249 e. The molecule has 0 unspecified atom stereocenters. The lowest BCUT2D eigenvalue weighted by molar-refractivity contribution is 0.309. The molecule has 120 valence electrons. The van der Waals surface area contributed by atoms with E-state index in [1.807, 2.05) is 12.2 Å². The maximum atomic E-state index is 3.38. The van der Waals surface area contributed by atoms with E-state index in [9.17, 15) is 0 Å². The fourth-order valence-electron chi connectivity index (χ4n) is 3.13. The van der Waals surface area contributed by atoms with E-state index in [2.05, 4.69) is 61.8 Å².